The molecule has 0 aliphatic rings. The number of hydrogen-bond acceptors (Lipinski definition) is 4. The van der Waals surface area contributed by atoms with Gasteiger partial charge >= 0.3 is 0 Å². The first-order valence-electron chi connectivity index (χ1n) is 4.51. The van der Waals surface area contributed by atoms with Gasteiger partial charge in [-0.25, -0.2) is 0 Å². The molecule has 0 aliphatic heterocycles. The van der Waals surface area contributed by atoms with Crippen molar-refractivity contribution in [3.05, 3.63) is 38.6 Å². The Hall–Kier alpha value is -0.940. The van der Waals surface area contributed by atoms with Gasteiger partial charge in [-0.15, -0.1) is 16.4 Å². The first kappa shape index (κ1) is 10.6. The van der Waals surface area contributed by atoms with Gasteiger partial charge < -0.3 is 5.32 Å². The number of aromatic nitrogens is 2. The minimum atomic E-state index is 0.786. The monoisotopic (exact) mass is 283 g/mol. The predicted molar refractivity (Wildman–Crippen MR) is 66.1 cm³/mol. The highest BCUT2D eigenvalue weighted by atomic mass is 79.9. The van der Waals surface area contributed by atoms with Crippen LogP contribution in [0.15, 0.2) is 28.1 Å². The van der Waals surface area contributed by atoms with E-state index in [2.05, 4.69) is 42.9 Å². The van der Waals surface area contributed by atoms with E-state index in [0.29, 0.717) is 0 Å². The summed E-state index contributed by atoms with van der Waals surface area (Å²) in [5.41, 5.74) is 0.930. The van der Waals surface area contributed by atoms with Crippen molar-refractivity contribution < 1.29 is 0 Å². The van der Waals surface area contributed by atoms with E-state index in [9.17, 15) is 0 Å². The summed E-state index contributed by atoms with van der Waals surface area (Å²) in [5, 5.41) is 13.3. The fraction of sp³-hybridized carbons (Fsp3) is 0.200. The third-order valence-corrected chi connectivity index (χ3v) is 3.56. The third-order valence-electron chi connectivity index (χ3n) is 1.86. The molecule has 0 saturated carbocycles. The van der Waals surface area contributed by atoms with Gasteiger partial charge in [0.1, 0.15) is 5.82 Å². The molecule has 0 bridgehead atoms. The number of thiophene rings is 1. The minimum Gasteiger partial charge on any atom is -0.364 e. The highest BCUT2D eigenvalue weighted by Gasteiger charge is 1.98. The van der Waals surface area contributed by atoms with E-state index in [1.54, 1.807) is 11.3 Å². The standard InChI is InChI=1S/C10H10BrN3S/c1-7-2-3-10(14-13-7)12-5-9-4-8(11)6-15-9/h2-4,6H,5H2,1H3,(H,12,14). The lowest BCUT2D eigenvalue weighted by molar-refractivity contribution is 0.966. The van der Waals surface area contributed by atoms with Crippen LogP contribution in [-0.4, -0.2) is 10.2 Å². The minimum absolute atomic E-state index is 0.786. The maximum Gasteiger partial charge on any atom is 0.148 e. The van der Waals surface area contributed by atoms with Gasteiger partial charge in [0.15, 0.2) is 0 Å². The first-order valence-corrected chi connectivity index (χ1v) is 6.18. The molecule has 0 radical (unpaired) electrons. The molecule has 2 rings (SSSR count). The molecule has 0 aliphatic carbocycles. The second-order valence-corrected chi connectivity index (χ2v) is 5.06. The normalized spacial score (nSPS) is 10.3. The van der Waals surface area contributed by atoms with Crippen LogP contribution in [0.1, 0.15) is 10.6 Å². The van der Waals surface area contributed by atoms with E-state index in [1.165, 1.54) is 4.88 Å². The molecule has 0 aromatic carbocycles. The Bertz CT molecular complexity index is 438. The van der Waals surface area contributed by atoms with Crippen molar-refractivity contribution in [3.8, 4) is 0 Å². The van der Waals surface area contributed by atoms with Gasteiger partial charge in [-0.3, -0.25) is 0 Å². The topological polar surface area (TPSA) is 37.8 Å². The predicted octanol–water partition coefficient (Wildman–Crippen LogP) is 3.22. The summed E-state index contributed by atoms with van der Waals surface area (Å²) in [6.07, 6.45) is 0. The summed E-state index contributed by atoms with van der Waals surface area (Å²) >= 11 is 5.14. The van der Waals surface area contributed by atoms with Crippen molar-refractivity contribution >= 4 is 33.1 Å². The molecular weight excluding hydrogens is 274 g/mol. The van der Waals surface area contributed by atoms with Gasteiger partial charge in [0.25, 0.3) is 0 Å². The Morgan fingerprint density at radius 1 is 1.40 bits per heavy atom. The van der Waals surface area contributed by atoms with E-state index < -0.39 is 0 Å². The van der Waals surface area contributed by atoms with E-state index in [0.717, 1.165) is 22.5 Å². The number of halogens is 1. The highest BCUT2D eigenvalue weighted by molar-refractivity contribution is 9.10. The summed E-state index contributed by atoms with van der Waals surface area (Å²) in [6, 6.07) is 5.98. The highest BCUT2D eigenvalue weighted by Crippen LogP contribution is 2.20. The third kappa shape index (κ3) is 3.00. The molecule has 2 aromatic rings. The molecule has 0 spiro atoms. The molecule has 0 atom stereocenters. The van der Waals surface area contributed by atoms with Crippen molar-refractivity contribution in [3.63, 3.8) is 0 Å². The van der Waals surface area contributed by atoms with Crippen LogP contribution in [0.2, 0.25) is 0 Å². The van der Waals surface area contributed by atoms with E-state index in [-0.39, 0.29) is 0 Å². The number of hydrogen-bond donors (Lipinski definition) is 1. The lowest BCUT2D eigenvalue weighted by atomic mass is 10.4. The van der Waals surface area contributed by atoms with Crippen LogP contribution < -0.4 is 5.32 Å². The van der Waals surface area contributed by atoms with Crippen LogP contribution in [0.4, 0.5) is 5.82 Å². The summed E-state index contributed by atoms with van der Waals surface area (Å²) in [4.78, 5) is 1.27. The second kappa shape index (κ2) is 4.72. The SMILES string of the molecule is Cc1ccc(NCc2cc(Br)cs2)nn1. The van der Waals surface area contributed by atoms with Crippen molar-refractivity contribution in [2.45, 2.75) is 13.5 Å². The van der Waals surface area contributed by atoms with Gasteiger partial charge in [0.05, 0.1) is 12.2 Å². The summed E-state index contributed by atoms with van der Waals surface area (Å²) in [6.45, 7) is 2.71. The first-order chi connectivity index (χ1) is 7.24. The van der Waals surface area contributed by atoms with Crippen molar-refractivity contribution in [2.75, 3.05) is 5.32 Å². The number of anilines is 1. The Morgan fingerprint density at radius 3 is 2.87 bits per heavy atom. The number of rotatable bonds is 3. The molecule has 2 aromatic heterocycles. The summed E-state index contributed by atoms with van der Waals surface area (Å²) < 4.78 is 1.12. The fourth-order valence-electron chi connectivity index (χ4n) is 1.12. The van der Waals surface area contributed by atoms with Crippen LogP contribution in [-0.2, 0) is 6.54 Å². The van der Waals surface area contributed by atoms with E-state index >= 15 is 0 Å². The van der Waals surface area contributed by atoms with Crippen LogP contribution in [0.5, 0.6) is 0 Å². The maximum atomic E-state index is 4.03. The Kier molecular flexibility index (Phi) is 3.33. The van der Waals surface area contributed by atoms with Crippen LogP contribution >= 0.6 is 27.3 Å². The molecule has 5 heteroatoms. The second-order valence-electron chi connectivity index (χ2n) is 3.14. The molecule has 2 heterocycles. The van der Waals surface area contributed by atoms with Crippen molar-refractivity contribution in [1.82, 2.24) is 10.2 Å². The zero-order valence-electron chi connectivity index (χ0n) is 8.20. The maximum absolute atomic E-state index is 4.03. The molecule has 0 fully saturated rings. The molecule has 1 N–H and O–H groups in total. The zero-order valence-corrected chi connectivity index (χ0v) is 10.6. The molecule has 3 nitrogen and oxygen atoms in total. The van der Waals surface area contributed by atoms with Crippen molar-refractivity contribution in [1.29, 1.82) is 0 Å². The summed E-state index contributed by atoms with van der Waals surface area (Å²) in [7, 11) is 0. The average molecular weight is 284 g/mol. The quantitative estimate of drug-likeness (QED) is 0.940. The Balaban J connectivity index is 1.96. The molecule has 0 amide bonds. The Morgan fingerprint density at radius 2 is 2.27 bits per heavy atom. The van der Waals surface area contributed by atoms with Gasteiger partial charge in [0.2, 0.25) is 0 Å². The van der Waals surface area contributed by atoms with E-state index in [4.69, 9.17) is 0 Å². The zero-order chi connectivity index (χ0) is 10.7. The summed E-state index contributed by atoms with van der Waals surface area (Å²) in [5.74, 6) is 0.810. The van der Waals surface area contributed by atoms with E-state index in [1.807, 2.05) is 19.1 Å². The molecule has 15 heavy (non-hydrogen) atoms. The average Bonchev–Trinajstić information content (AvgIpc) is 2.64. The largest absolute Gasteiger partial charge is 0.364 e. The lowest BCUT2D eigenvalue weighted by Gasteiger charge is -2.02. The Labute approximate surface area is 101 Å². The fourth-order valence-corrected chi connectivity index (χ4v) is 2.51. The van der Waals surface area contributed by atoms with Crippen LogP contribution in [0.25, 0.3) is 0 Å². The molecule has 78 valence electrons. The lowest BCUT2D eigenvalue weighted by Crippen LogP contribution is -2.01. The molecule has 0 unspecified atom stereocenters. The number of nitrogens with one attached hydrogen (secondary N) is 1. The molecular formula is C10H10BrN3S. The van der Waals surface area contributed by atoms with Gasteiger partial charge in [-0.2, -0.15) is 5.10 Å². The van der Waals surface area contributed by atoms with Crippen molar-refractivity contribution in [2.24, 2.45) is 0 Å². The molecule has 0 saturated heterocycles. The van der Waals surface area contributed by atoms with Gasteiger partial charge in [-0.05, 0) is 41.1 Å². The number of nitrogens with zero attached hydrogens (tertiary/aromatic N) is 2. The van der Waals surface area contributed by atoms with Gasteiger partial charge in [0, 0.05) is 14.7 Å². The number of aryl methyl sites for hydroxylation is 1. The van der Waals surface area contributed by atoms with Crippen LogP contribution in [0.3, 0.4) is 0 Å². The van der Waals surface area contributed by atoms with Crippen LogP contribution in [0, 0.1) is 6.92 Å². The smallest absolute Gasteiger partial charge is 0.148 e. The van der Waals surface area contributed by atoms with Gasteiger partial charge in [-0.1, -0.05) is 0 Å².